The highest BCUT2D eigenvalue weighted by Gasteiger charge is 2.17. The van der Waals surface area contributed by atoms with Gasteiger partial charge in [-0.05, 0) is 54.8 Å². The van der Waals surface area contributed by atoms with Gasteiger partial charge >= 0.3 is 0 Å². The van der Waals surface area contributed by atoms with Crippen LogP contribution in [0, 0.1) is 12.7 Å². The summed E-state index contributed by atoms with van der Waals surface area (Å²) in [6.07, 6.45) is 3.09. The van der Waals surface area contributed by atoms with Crippen molar-refractivity contribution in [3.05, 3.63) is 89.5 Å². The van der Waals surface area contributed by atoms with Gasteiger partial charge in [0.05, 0.1) is 11.4 Å². The molecule has 1 atom stereocenters. The summed E-state index contributed by atoms with van der Waals surface area (Å²) in [5.74, 6) is -0.400. The molecule has 0 amide bonds. The lowest BCUT2D eigenvalue weighted by Crippen LogP contribution is -2.11. The standard InChI is InChI=1S/C25H24FN3O2/c1-3-18(29-22-9-5-4-7-16(22)2)15-31-23-11-10-17(13-21(23)26)24(30)20-14-28-25-19(20)8-6-12-27-25/h4-14,24,30H,3,15H2,1-2H3,(H,27,28). The van der Waals surface area contributed by atoms with Gasteiger partial charge in [0.15, 0.2) is 11.6 Å². The largest absolute Gasteiger partial charge is 0.485 e. The summed E-state index contributed by atoms with van der Waals surface area (Å²) in [7, 11) is 0. The molecule has 1 unspecified atom stereocenters. The normalized spacial score (nSPS) is 12.8. The number of aromatic amines is 1. The van der Waals surface area contributed by atoms with Crippen LogP contribution < -0.4 is 4.74 Å². The number of pyridine rings is 1. The van der Waals surface area contributed by atoms with Gasteiger partial charge in [0.1, 0.15) is 18.4 Å². The van der Waals surface area contributed by atoms with E-state index in [0.717, 1.165) is 22.3 Å². The fraction of sp³-hybridized carbons (Fsp3) is 0.200. The van der Waals surface area contributed by atoms with Crippen LogP contribution in [0.2, 0.25) is 0 Å². The van der Waals surface area contributed by atoms with Crippen molar-refractivity contribution in [1.29, 1.82) is 0 Å². The van der Waals surface area contributed by atoms with Crippen LogP contribution in [0.3, 0.4) is 0 Å². The number of hydrogen-bond donors (Lipinski definition) is 2. The number of aliphatic hydroxyl groups is 1. The van der Waals surface area contributed by atoms with Gasteiger partial charge in [0.2, 0.25) is 0 Å². The Labute approximate surface area is 180 Å². The number of ether oxygens (including phenoxy) is 1. The molecule has 0 aliphatic rings. The number of aliphatic imine (C=N–C) groups is 1. The zero-order chi connectivity index (χ0) is 21.8. The van der Waals surface area contributed by atoms with Crippen LogP contribution in [0.1, 0.15) is 36.1 Å². The highest BCUT2D eigenvalue weighted by molar-refractivity contribution is 5.88. The molecule has 0 saturated heterocycles. The van der Waals surface area contributed by atoms with Gasteiger partial charge in [-0.25, -0.2) is 9.37 Å². The number of benzene rings is 2. The number of halogens is 1. The number of para-hydroxylation sites is 1. The van der Waals surface area contributed by atoms with E-state index in [1.54, 1.807) is 30.6 Å². The number of H-pyrrole nitrogens is 1. The van der Waals surface area contributed by atoms with Gasteiger partial charge in [0.25, 0.3) is 0 Å². The number of nitrogens with one attached hydrogen (secondary N) is 1. The fourth-order valence-corrected chi connectivity index (χ4v) is 3.42. The molecule has 2 N–H and O–H groups in total. The van der Waals surface area contributed by atoms with Crippen molar-refractivity contribution in [2.24, 2.45) is 4.99 Å². The van der Waals surface area contributed by atoms with Crippen LogP contribution in [-0.4, -0.2) is 27.4 Å². The average molecular weight is 417 g/mol. The maximum atomic E-state index is 14.7. The van der Waals surface area contributed by atoms with E-state index in [4.69, 9.17) is 4.74 Å². The predicted octanol–water partition coefficient (Wildman–Crippen LogP) is 5.65. The lowest BCUT2D eigenvalue weighted by molar-refractivity contribution is 0.221. The van der Waals surface area contributed by atoms with E-state index in [2.05, 4.69) is 15.0 Å². The Morgan fingerprint density at radius 1 is 1.19 bits per heavy atom. The van der Waals surface area contributed by atoms with E-state index in [-0.39, 0.29) is 12.4 Å². The first kappa shape index (κ1) is 20.8. The van der Waals surface area contributed by atoms with E-state index >= 15 is 0 Å². The highest BCUT2D eigenvalue weighted by Crippen LogP contribution is 2.30. The molecule has 2 heterocycles. The number of hydrogen-bond acceptors (Lipinski definition) is 4. The molecule has 0 fully saturated rings. The van der Waals surface area contributed by atoms with Crippen molar-refractivity contribution in [1.82, 2.24) is 9.97 Å². The van der Waals surface area contributed by atoms with E-state index in [0.29, 0.717) is 23.2 Å². The maximum absolute atomic E-state index is 14.7. The third-order valence-corrected chi connectivity index (χ3v) is 5.25. The van der Waals surface area contributed by atoms with Crippen molar-refractivity contribution in [2.75, 3.05) is 6.61 Å². The quantitative estimate of drug-likeness (QED) is 0.382. The average Bonchev–Trinajstić information content (AvgIpc) is 3.22. The zero-order valence-electron chi connectivity index (χ0n) is 17.5. The molecule has 0 spiro atoms. The lowest BCUT2D eigenvalue weighted by atomic mass is 10.0. The fourth-order valence-electron chi connectivity index (χ4n) is 3.42. The minimum Gasteiger partial charge on any atom is -0.485 e. The second-order valence-electron chi connectivity index (χ2n) is 7.34. The Morgan fingerprint density at radius 3 is 2.81 bits per heavy atom. The first-order chi connectivity index (χ1) is 15.1. The molecular formula is C25H24FN3O2. The summed E-state index contributed by atoms with van der Waals surface area (Å²) in [5, 5.41) is 11.6. The van der Waals surface area contributed by atoms with Crippen molar-refractivity contribution in [3.63, 3.8) is 0 Å². The molecule has 2 aromatic carbocycles. The number of fused-ring (bicyclic) bond motifs is 1. The van der Waals surface area contributed by atoms with E-state index in [1.165, 1.54) is 6.07 Å². The van der Waals surface area contributed by atoms with Crippen LogP contribution in [0.5, 0.6) is 5.75 Å². The molecule has 6 heteroatoms. The van der Waals surface area contributed by atoms with Crippen molar-refractivity contribution in [2.45, 2.75) is 26.4 Å². The first-order valence-corrected chi connectivity index (χ1v) is 10.2. The monoisotopic (exact) mass is 417 g/mol. The molecule has 0 aliphatic heterocycles. The summed E-state index contributed by atoms with van der Waals surface area (Å²) >= 11 is 0. The molecule has 31 heavy (non-hydrogen) atoms. The summed E-state index contributed by atoms with van der Waals surface area (Å²) < 4.78 is 20.4. The molecule has 2 aromatic heterocycles. The Hall–Kier alpha value is -3.51. The molecule has 0 aliphatic carbocycles. The number of nitrogens with zero attached hydrogens (tertiary/aromatic N) is 2. The SMILES string of the molecule is CCC(COc1ccc(C(O)c2c[nH]c3ncccc23)cc1F)=Nc1ccccc1C. The van der Waals surface area contributed by atoms with E-state index in [9.17, 15) is 9.50 Å². The lowest BCUT2D eigenvalue weighted by Gasteiger charge is -2.13. The molecule has 158 valence electrons. The Bertz CT molecular complexity index is 1230. The first-order valence-electron chi connectivity index (χ1n) is 10.2. The number of rotatable bonds is 7. The Morgan fingerprint density at radius 2 is 2.03 bits per heavy atom. The van der Waals surface area contributed by atoms with Gasteiger partial charge < -0.3 is 14.8 Å². The minimum atomic E-state index is -0.977. The van der Waals surface area contributed by atoms with Gasteiger partial charge in [-0.2, -0.15) is 0 Å². The van der Waals surface area contributed by atoms with Crippen molar-refractivity contribution in [3.8, 4) is 5.75 Å². The van der Waals surface area contributed by atoms with Crippen LogP contribution >= 0.6 is 0 Å². The van der Waals surface area contributed by atoms with Crippen LogP contribution in [0.4, 0.5) is 10.1 Å². The highest BCUT2D eigenvalue weighted by atomic mass is 19.1. The molecule has 5 nitrogen and oxygen atoms in total. The van der Waals surface area contributed by atoms with Gasteiger partial charge in [-0.1, -0.05) is 31.2 Å². The smallest absolute Gasteiger partial charge is 0.165 e. The van der Waals surface area contributed by atoms with E-state index in [1.807, 2.05) is 44.2 Å². The molecule has 4 rings (SSSR count). The number of aliphatic hydroxyl groups excluding tert-OH is 1. The van der Waals surface area contributed by atoms with Gasteiger partial charge in [0, 0.05) is 23.3 Å². The number of aromatic nitrogens is 2. The molecule has 0 radical (unpaired) electrons. The molecule has 4 aromatic rings. The second-order valence-corrected chi connectivity index (χ2v) is 7.34. The summed E-state index contributed by atoms with van der Waals surface area (Å²) in [4.78, 5) is 11.9. The van der Waals surface area contributed by atoms with Crippen molar-refractivity contribution < 1.29 is 14.2 Å². The van der Waals surface area contributed by atoms with Crippen LogP contribution in [0.25, 0.3) is 11.0 Å². The van der Waals surface area contributed by atoms with Crippen LogP contribution in [-0.2, 0) is 0 Å². The molecule has 0 bridgehead atoms. The summed E-state index contributed by atoms with van der Waals surface area (Å²) in [6, 6.07) is 16.0. The topological polar surface area (TPSA) is 70.5 Å². The Kier molecular flexibility index (Phi) is 6.09. The second kappa shape index (κ2) is 9.10. The van der Waals surface area contributed by atoms with Gasteiger partial charge in [-0.3, -0.25) is 4.99 Å². The maximum Gasteiger partial charge on any atom is 0.165 e. The Balaban J connectivity index is 1.50. The molecular weight excluding hydrogens is 393 g/mol. The van der Waals surface area contributed by atoms with Crippen LogP contribution in [0.15, 0.2) is 72.0 Å². The third kappa shape index (κ3) is 4.49. The summed E-state index contributed by atoms with van der Waals surface area (Å²) in [5.41, 5.74) is 4.55. The van der Waals surface area contributed by atoms with E-state index < -0.39 is 11.9 Å². The zero-order valence-corrected chi connectivity index (χ0v) is 17.5. The minimum absolute atomic E-state index is 0.127. The van der Waals surface area contributed by atoms with Gasteiger partial charge in [-0.15, -0.1) is 0 Å². The predicted molar refractivity (Wildman–Crippen MR) is 121 cm³/mol. The third-order valence-electron chi connectivity index (χ3n) is 5.25. The molecule has 0 saturated carbocycles. The summed E-state index contributed by atoms with van der Waals surface area (Å²) in [6.45, 7) is 4.19. The number of aryl methyl sites for hydroxylation is 1. The van der Waals surface area contributed by atoms with Crippen molar-refractivity contribution >= 4 is 22.4 Å².